The lowest BCUT2D eigenvalue weighted by atomic mass is 10.1. The van der Waals surface area contributed by atoms with Gasteiger partial charge in [0.15, 0.2) is 0 Å². The van der Waals surface area contributed by atoms with Crippen molar-refractivity contribution in [1.82, 2.24) is 9.97 Å². The molecule has 0 aliphatic carbocycles. The molecule has 4 heteroatoms. The van der Waals surface area contributed by atoms with Crippen molar-refractivity contribution in [3.63, 3.8) is 0 Å². The number of rotatable bonds is 3. The van der Waals surface area contributed by atoms with Crippen molar-refractivity contribution in [2.24, 2.45) is 0 Å². The molecule has 0 aliphatic rings. The van der Waals surface area contributed by atoms with Crippen molar-refractivity contribution in [3.05, 3.63) is 51.6 Å². The van der Waals surface area contributed by atoms with Crippen LogP contribution in [0.2, 0.25) is 0 Å². The van der Waals surface area contributed by atoms with E-state index in [2.05, 4.69) is 16.0 Å². The van der Waals surface area contributed by atoms with E-state index in [1.807, 2.05) is 32.0 Å². The second kappa shape index (κ2) is 5.31. The van der Waals surface area contributed by atoms with Crippen LogP contribution in [0.1, 0.15) is 22.6 Å². The third-order valence-electron chi connectivity index (χ3n) is 2.96. The molecule has 18 heavy (non-hydrogen) atoms. The lowest BCUT2D eigenvalue weighted by Crippen LogP contribution is -2.01. The Labute approximate surface area is 112 Å². The van der Waals surface area contributed by atoms with Gasteiger partial charge in [-0.2, -0.15) is 0 Å². The molecule has 2 rings (SSSR count). The van der Waals surface area contributed by atoms with E-state index in [4.69, 9.17) is 17.0 Å². The van der Waals surface area contributed by atoms with E-state index in [1.165, 1.54) is 0 Å². The van der Waals surface area contributed by atoms with Crippen LogP contribution in [0, 0.1) is 18.5 Å². The largest absolute Gasteiger partial charge is 0.497 e. The van der Waals surface area contributed by atoms with Crippen LogP contribution in [0.3, 0.4) is 0 Å². The Bertz CT molecular complexity index is 619. The van der Waals surface area contributed by atoms with Crippen LogP contribution in [-0.4, -0.2) is 17.1 Å². The summed E-state index contributed by atoms with van der Waals surface area (Å²) in [6.07, 6.45) is 0.724. The number of ether oxygens (including phenoxy) is 1. The second-order valence-corrected chi connectivity index (χ2v) is 4.65. The van der Waals surface area contributed by atoms with Gasteiger partial charge in [-0.15, -0.1) is 0 Å². The van der Waals surface area contributed by atoms with Gasteiger partial charge in [0, 0.05) is 17.7 Å². The standard InChI is InChI=1S/C14H16N2OS/c1-9-10(2)15-13(16-14(9)18)8-11-5-4-6-12(7-11)17-3/h4-7H,8H2,1-3H3,(H,15,16,18). The molecule has 1 aromatic heterocycles. The number of aromatic amines is 1. The molecule has 0 amide bonds. The molecule has 0 aliphatic heterocycles. The molecule has 3 nitrogen and oxygen atoms in total. The zero-order valence-electron chi connectivity index (χ0n) is 10.8. The molecule has 0 unspecified atom stereocenters. The highest BCUT2D eigenvalue weighted by atomic mass is 32.1. The Hall–Kier alpha value is -1.68. The molecular weight excluding hydrogens is 244 g/mol. The molecule has 2 aromatic rings. The van der Waals surface area contributed by atoms with Gasteiger partial charge in [0.2, 0.25) is 0 Å². The molecule has 0 saturated heterocycles. The normalized spacial score (nSPS) is 10.4. The van der Waals surface area contributed by atoms with E-state index in [0.717, 1.165) is 34.8 Å². The van der Waals surface area contributed by atoms with Crippen molar-refractivity contribution in [2.45, 2.75) is 20.3 Å². The first kappa shape index (κ1) is 12.8. The quantitative estimate of drug-likeness (QED) is 0.860. The van der Waals surface area contributed by atoms with Crippen LogP contribution in [0.25, 0.3) is 0 Å². The fourth-order valence-corrected chi connectivity index (χ4v) is 2.03. The molecular formula is C14H16N2OS. The average Bonchev–Trinajstić information content (AvgIpc) is 2.36. The summed E-state index contributed by atoms with van der Waals surface area (Å²) in [5.41, 5.74) is 3.27. The SMILES string of the molecule is COc1cccc(Cc2nc(=S)c(C)c(C)[nH]2)c1. The lowest BCUT2D eigenvalue weighted by Gasteiger charge is -2.07. The van der Waals surface area contributed by atoms with Crippen LogP contribution >= 0.6 is 12.2 Å². The number of hydrogen-bond acceptors (Lipinski definition) is 3. The van der Waals surface area contributed by atoms with Crippen LogP contribution in [-0.2, 0) is 6.42 Å². The van der Waals surface area contributed by atoms with E-state index >= 15 is 0 Å². The maximum atomic E-state index is 5.24. The predicted octanol–water partition coefficient (Wildman–Crippen LogP) is 3.36. The highest BCUT2D eigenvalue weighted by molar-refractivity contribution is 7.71. The zero-order chi connectivity index (χ0) is 13.1. The summed E-state index contributed by atoms with van der Waals surface area (Å²) in [6.45, 7) is 4.00. The summed E-state index contributed by atoms with van der Waals surface area (Å²) in [5, 5.41) is 0. The molecule has 1 aromatic carbocycles. The molecule has 0 radical (unpaired) electrons. The number of nitrogens with zero attached hydrogens (tertiary/aromatic N) is 1. The molecule has 0 saturated carbocycles. The smallest absolute Gasteiger partial charge is 0.132 e. The third-order valence-corrected chi connectivity index (χ3v) is 3.35. The van der Waals surface area contributed by atoms with E-state index in [9.17, 15) is 0 Å². The number of benzene rings is 1. The number of aromatic nitrogens is 2. The number of hydrogen-bond donors (Lipinski definition) is 1. The van der Waals surface area contributed by atoms with Crippen LogP contribution in [0.5, 0.6) is 5.75 Å². The fraction of sp³-hybridized carbons (Fsp3) is 0.286. The first-order chi connectivity index (χ1) is 8.60. The first-order valence-electron chi connectivity index (χ1n) is 5.79. The molecule has 0 fully saturated rings. The summed E-state index contributed by atoms with van der Waals surface area (Å²) >= 11 is 5.24. The van der Waals surface area contributed by atoms with Gasteiger partial charge in [-0.3, -0.25) is 0 Å². The Kier molecular flexibility index (Phi) is 3.77. The number of H-pyrrole nitrogens is 1. The fourth-order valence-electron chi connectivity index (χ4n) is 1.76. The minimum Gasteiger partial charge on any atom is -0.497 e. The highest BCUT2D eigenvalue weighted by Gasteiger charge is 2.03. The van der Waals surface area contributed by atoms with E-state index < -0.39 is 0 Å². The van der Waals surface area contributed by atoms with Gasteiger partial charge in [-0.25, -0.2) is 4.98 Å². The third kappa shape index (κ3) is 2.76. The zero-order valence-corrected chi connectivity index (χ0v) is 11.6. The number of nitrogens with one attached hydrogen (secondary N) is 1. The van der Waals surface area contributed by atoms with Gasteiger partial charge < -0.3 is 9.72 Å². The molecule has 1 heterocycles. The van der Waals surface area contributed by atoms with E-state index in [-0.39, 0.29) is 0 Å². The van der Waals surface area contributed by atoms with Gasteiger partial charge in [-0.05, 0) is 31.5 Å². The van der Waals surface area contributed by atoms with Crippen molar-refractivity contribution in [2.75, 3.05) is 7.11 Å². The van der Waals surface area contributed by atoms with Crippen LogP contribution in [0.4, 0.5) is 0 Å². The Morgan fingerprint density at radius 1 is 1.33 bits per heavy atom. The maximum Gasteiger partial charge on any atom is 0.132 e. The Morgan fingerprint density at radius 2 is 2.11 bits per heavy atom. The van der Waals surface area contributed by atoms with Crippen molar-refractivity contribution in [3.8, 4) is 5.75 Å². The number of aryl methyl sites for hydroxylation is 1. The topological polar surface area (TPSA) is 37.9 Å². The summed E-state index contributed by atoms with van der Waals surface area (Å²) in [7, 11) is 1.67. The van der Waals surface area contributed by atoms with Gasteiger partial charge >= 0.3 is 0 Å². The molecule has 1 N–H and O–H groups in total. The van der Waals surface area contributed by atoms with Crippen molar-refractivity contribution < 1.29 is 4.74 Å². The van der Waals surface area contributed by atoms with Crippen LogP contribution < -0.4 is 4.74 Å². The predicted molar refractivity (Wildman–Crippen MR) is 74.7 cm³/mol. The summed E-state index contributed by atoms with van der Waals surface area (Å²) in [6, 6.07) is 7.97. The van der Waals surface area contributed by atoms with Gasteiger partial charge in [0.25, 0.3) is 0 Å². The Balaban J connectivity index is 2.31. The van der Waals surface area contributed by atoms with E-state index in [1.54, 1.807) is 7.11 Å². The highest BCUT2D eigenvalue weighted by Crippen LogP contribution is 2.15. The van der Waals surface area contributed by atoms with Gasteiger partial charge in [-0.1, -0.05) is 24.4 Å². The first-order valence-corrected chi connectivity index (χ1v) is 6.20. The maximum absolute atomic E-state index is 5.24. The monoisotopic (exact) mass is 260 g/mol. The second-order valence-electron chi connectivity index (χ2n) is 4.27. The van der Waals surface area contributed by atoms with E-state index in [0.29, 0.717) is 4.64 Å². The Morgan fingerprint density at radius 3 is 2.78 bits per heavy atom. The van der Waals surface area contributed by atoms with Gasteiger partial charge in [0.05, 0.1) is 7.11 Å². The average molecular weight is 260 g/mol. The molecule has 0 bridgehead atoms. The van der Waals surface area contributed by atoms with Gasteiger partial charge in [0.1, 0.15) is 16.2 Å². The minimum absolute atomic E-state index is 0.671. The van der Waals surface area contributed by atoms with Crippen molar-refractivity contribution >= 4 is 12.2 Å². The summed E-state index contributed by atoms with van der Waals surface area (Å²) < 4.78 is 5.88. The molecule has 0 atom stereocenters. The molecule has 94 valence electrons. The lowest BCUT2D eigenvalue weighted by molar-refractivity contribution is 0.414. The summed E-state index contributed by atoms with van der Waals surface area (Å²) in [5.74, 6) is 1.74. The van der Waals surface area contributed by atoms with Crippen LogP contribution in [0.15, 0.2) is 24.3 Å². The summed E-state index contributed by atoms with van der Waals surface area (Å²) in [4.78, 5) is 7.69. The molecule has 0 spiro atoms. The number of methoxy groups -OCH3 is 1. The van der Waals surface area contributed by atoms with Crippen molar-refractivity contribution in [1.29, 1.82) is 0 Å². The minimum atomic E-state index is 0.671.